The molecule has 2 rings (SSSR count). The summed E-state index contributed by atoms with van der Waals surface area (Å²) in [7, 11) is -2.21. The minimum Gasteiger partial charge on any atom is -0.0895 e. The van der Waals surface area contributed by atoms with Gasteiger partial charge in [0, 0.05) is 25.9 Å². The molecule has 0 bridgehead atoms. The van der Waals surface area contributed by atoms with Gasteiger partial charge in [-0.15, -0.1) is 0 Å². The predicted octanol–water partition coefficient (Wildman–Crippen LogP) is 6.68. The van der Waals surface area contributed by atoms with Crippen LogP contribution >= 0.6 is 11.8 Å². The second-order valence-corrected chi connectivity index (χ2v) is 20.8. The van der Waals surface area contributed by atoms with Crippen molar-refractivity contribution >= 4 is 27.9 Å². The summed E-state index contributed by atoms with van der Waals surface area (Å²) in [5.74, 6) is 0. The highest BCUT2D eigenvalue weighted by Gasteiger charge is 2.19. The normalized spacial score (nSPS) is 12.4. The molecule has 0 heterocycles. The first-order valence-electron chi connectivity index (χ1n) is 8.48. The SMILES string of the molecule is C[Si](C)([13CH3])Cc1ccccc1Sc1ccccc1C[Si](C)(C)[13CH3]. The fourth-order valence-corrected chi connectivity index (χ4v) is 6.99. The van der Waals surface area contributed by atoms with Crippen LogP contribution in [0.3, 0.4) is 0 Å². The molecule has 0 aliphatic heterocycles. The average molecular weight is 361 g/mol. The monoisotopic (exact) mass is 360 g/mol. The van der Waals surface area contributed by atoms with Gasteiger partial charge in [0.15, 0.2) is 0 Å². The molecule has 0 atom stereocenters. The molecule has 0 radical (unpaired) electrons. The Kier molecular flexibility index (Phi) is 5.98. The highest BCUT2D eigenvalue weighted by Crippen LogP contribution is 2.35. The highest BCUT2D eigenvalue weighted by molar-refractivity contribution is 7.99. The number of hydrogen-bond acceptors (Lipinski definition) is 1. The third-order valence-electron chi connectivity index (χ3n) is 3.61. The molecule has 23 heavy (non-hydrogen) atoms. The molecule has 3 heteroatoms. The second kappa shape index (κ2) is 7.41. The van der Waals surface area contributed by atoms with E-state index >= 15 is 0 Å². The van der Waals surface area contributed by atoms with Crippen molar-refractivity contribution in [2.45, 2.75) is 61.2 Å². The Morgan fingerprint density at radius 2 is 0.957 bits per heavy atom. The van der Waals surface area contributed by atoms with Crippen molar-refractivity contribution in [3.05, 3.63) is 59.7 Å². The minimum absolute atomic E-state index is 1.10. The maximum absolute atomic E-state index is 2.45. The lowest BCUT2D eigenvalue weighted by atomic mass is 10.2. The molecule has 0 nitrogen and oxygen atoms in total. The van der Waals surface area contributed by atoms with E-state index in [1.54, 1.807) is 0 Å². The molecule has 124 valence electrons. The zero-order chi connectivity index (χ0) is 17.1. The van der Waals surface area contributed by atoms with Crippen molar-refractivity contribution in [2.75, 3.05) is 0 Å². The molecular formula is C20H30SSi2. The first-order valence-corrected chi connectivity index (χ1v) is 16.7. The van der Waals surface area contributed by atoms with E-state index in [2.05, 4.69) is 87.8 Å². The van der Waals surface area contributed by atoms with Gasteiger partial charge in [0.25, 0.3) is 0 Å². The van der Waals surface area contributed by atoms with Gasteiger partial charge in [-0.3, -0.25) is 0 Å². The Morgan fingerprint density at radius 1 is 0.609 bits per heavy atom. The number of hydrogen-bond donors (Lipinski definition) is 0. The van der Waals surface area contributed by atoms with Gasteiger partial charge < -0.3 is 0 Å². The second-order valence-electron chi connectivity index (χ2n) is 8.79. The molecule has 0 fully saturated rings. The zero-order valence-electron chi connectivity index (χ0n) is 15.4. The number of rotatable bonds is 6. The van der Waals surface area contributed by atoms with Crippen LogP contribution in [0.4, 0.5) is 0 Å². The van der Waals surface area contributed by atoms with Gasteiger partial charge in [-0.1, -0.05) is 87.4 Å². The Hall–Kier alpha value is -0.776. The molecule has 0 N–H and O–H groups in total. The maximum Gasteiger partial charge on any atom is 0.0487 e. The molecule has 0 unspecified atom stereocenters. The van der Waals surface area contributed by atoms with Gasteiger partial charge in [-0.05, 0) is 35.3 Å². The first kappa shape index (κ1) is 18.6. The standard InChI is InChI=1S/C20H30SSi2/c1-22(2,3)15-17-11-7-9-13-19(17)21-20-14-10-8-12-18(20)16-23(4,5)6/h7-14H,15-16H2,1-6H3/i1+1,4+1. The fraction of sp³-hybridized carbons (Fsp3) is 0.400. The fourth-order valence-electron chi connectivity index (χ4n) is 2.76. The van der Waals surface area contributed by atoms with Gasteiger partial charge in [0.05, 0.1) is 0 Å². The van der Waals surface area contributed by atoms with E-state index in [1.165, 1.54) is 33.0 Å². The Labute approximate surface area is 148 Å². The largest absolute Gasteiger partial charge is 0.0895 e. The lowest BCUT2D eigenvalue weighted by Crippen LogP contribution is -2.24. The first-order chi connectivity index (χ1) is 10.6. The van der Waals surface area contributed by atoms with E-state index in [9.17, 15) is 0 Å². The van der Waals surface area contributed by atoms with Crippen molar-refractivity contribution in [1.29, 1.82) is 0 Å². The van der Waals surface area contributed by atoms with Crippen LogP contribution in [0.5, 0.6) is 0 Å². The predicted molar refractivity (Wildman–Crippen MR) is 111 cm³/mol. The zero-order valence-corrected chi connectivity index (χ0v) is 18.3. The topological polar surface area (TPSA) is 0 Å². The molecule has 0 saturated heterocycles. The van der Waals surface area contributed by atoms with Gasteiger partial charge in [0.1, 0.15) is 0 Å². The van der Waals surface area contributed by atoms with Crippen molar-refractivity contribution < 1.29 is 0 Å². The lowest BCUT2D eigenvalue weighted by Gasteiger charge is -2.20. The summed E-state index contributed by atoms with van der Waals surface area (Å²) in [6.45, 7) is 14.7. The van der Waals surface area contributed by atoms with Crippen LogP contribution < -0.4 is 0 Å². The van der Waals surface area contributed by atoms with Gasteiger partial charge >= 0.3 is 0 Å². The molecule has 2 aromatic carbocycles. The quantitative estimate of drug-likeness (QED) is 0.409. The van der Waals surface area contributed by atoms with E-state index in [0.29, 0.717) is 0 Å². The van der Waals surface area contributed by atoms with E-state index in [0.717, 1.165) is 0 Å². The van der Waals surface area contributed by atoms with Crippen molar-refractivity contribution in [3.63, 3.8) is 0 Å². The van der Waals surface area contributed by atoms with Crippen LogP contribution in [0.2, 0.25) is 39.3 Å². The van der Waals surface area contributed by atoms with Crippen molar-refractivity contribution in [3.8, 4) is 0 Å². The lowest BCUT2D eigenvalue weighted by molar-refractivity contribution is 1.18. The molecule has 2 aromatic rings. The minimum atomic E-state index is -1.10. The van der Waals surface area contributed by atoms with Crippen LogP contribution in [0, 0.1) is 0 Å². The summed E-state index contributed by atoms with van der Waals surface area (Å²) < 4.78 is 0. The summed E-state index contributed by atoms with van der Waals surface area (Å²) in [6, 6.07) is 20.5. The Morgan fingerprint density at radius 3 is 1.30 bits per heavy atom. The third-order valence-corrected chi connectivity index (χ3v) is 7.73. The third kappa shape index (κ3) is 6.32. The Balaban J connectivity index is 2.30. The smallest absolute Gasteiger partial charge is 0.0487 e. The molecule has 0 saturated carbocycles. The number of benzene rings is 2. The molecule has 0 spiro atoms. The molecule has 0 amide bonds. The van der Waals surface area contributed by atoms with Crippen LogP contribution in [0.25, 0.3) is 0 Å². The average Bonchev–Trinajstić information content (AvgIpc) is 2.40. The summed E-state index contributed by atoms with van der Waals surface area (Å²) >= 11 is 1.97. The van der Waals surface area contributed by atoms with Gasteiger partial charge in [-0.2, -0.15) is 0 Å². The van der Waals surface area contributed by atoms with Crippen molar-refractivity contribution in [1.82, 2.24) is 0 Å². The van der Waals surface area contributed by atoms with Gasteiger partial charge in [0.2, 0.25) is 0 Å². The van der Waals surface area contributed by atoms with E-state index < -0.39 is 16.1 Å². The molecule has 0 aliphatic carbocycles. The molecule has 0 aromatic heterocycles. The maximum atomic E-state index is 2.45. The van der Waals surface area contributed by atoms with Crippen LogP contribution in [0.1, 0.15) is 11.1 Å². The summed E-state index contributed by atoms with van der Waals surface area (Å²) in [6.07, 6.45) is 0. The van der Waals surface area contributed by atoms with Crippen LogP contribution in [-0.4, -0.2) is 16.1 Å². The van der Waals surface area contributed by atoms with Crippen LogP contribution in [0.15, 0.2) is 58.3 Å². The summed E-state index contributed by atoms with van der Waals surface area (Å²) in [5, 5.41) is 0. The van der Waals surface area contributed by atoms with Gasteiger partial charge in [-0.25, -0.2) is 0 Å². The van der Waals surface area contributed by atoms with E-state index in [-0.39, 0.29) is 0 Å². The Bertz CT molecular complexity index is 594. The van der Waals surface area contributed by atoms with E-state index in [4.69, 9.17) is 0 Å². The molecular weight excluding hydrogens is 330 g/mol. The summed E-state index contributed by atoms with van der Waals surface area (Å²) in [5.41, 5.74) is 3.05. The van der Waals surface area contributed by atoms with Crippen LogP contribution in [-0.2, 0) is 12.1 Å². The van der Waals surface area contributed by atoms with E-state index in [1.807, 2.05) is 11.8 Å². The summed E-state index contributed by atoms with van der Waals surface area (Å²) in [4.78, 5) is 2.89. The highest BCUT2D eigenvalue weighted by atomic mass is 32.2. The van der Waals surface area contributed by atoms with Crippen molar-refractivity contribution in [2.24, 2.45) is 0 Å². The molecule has 0 aliphatic rings.